The van der Waals surface area contributed by atoms with Gasteiger partial charge < -0.3 is 10.2 Å². The third-order valence-corrected chi connectivity index (χ3v) is 4.06. The number of nitrogens with zero attached hydrogens (tertiary/aromatic N) is 1. The Bertz CT molecular complexity index is 369. The van der Waals surface area contributed by atoms with Crippen LogP contribution in [0.15, 0.2) is 24.3 Å². The van der Waals surface area contributed by atoms with Crippen LogP contribution in [0.4, 0.5) is 0 Å². The molecular formula is C15H23ClN2. The molecule has 1 fully saturated rings. The van der Waals surface area contributed by atoms with Gasteiger partial charge in [0.2, 0.25) is 0 Å². The van der Waals surface area contributed by atoms with Crippen molar-refractivity contribution in [2.45, 2.75) is 19.8 Å². The largest absolute Gasteiger partial charge is 0.316 e. The van der Waals surface area contributed by atoms with Gasteiger partial charge in [-0.05, 0) is 49.5 Å². The molecule has 0 spiro atoms. The van der Waals surface area contributed by atoms with Crippen molar-refractivity contribution in [3.63, 3.8) is 0 Å². The van der Waals surface area contributed by atoms with Crippen LogP contribution in [-0.2, 0) is 6.42 Å². The number of halogens is 1. The van der Waals surface area contributed by atoms with E-state index in [4.69, 9.17) is 11.6 Å². The molecule has 1 aliphatic heterocycles. The van der Waals surface area contributed by atoms with Gasteiger partial charge in [0.25, 0.3) is 0 Å². The maximum atomic E-state index is 5.89. The first-order valence-electron chi connectivity index (χ1n) is 6.71. The second-order valence-electron chi connectivity index (χ2n) is 5.85. The van der Waals surface area contributed by atoms with E-state index in [0.717, 1.165) is 24.5 Å². The highest BCUT2D eigenvalue weighted by atomic mass is 35.5. The normalized spacial score (nSPS) is 23.8. The van der Waals surface area contributed by atoms with Gasteiger partial charge in [0.05, 0.1) is 0 Å². The molecule has 0 amide bonds. The molecule has 100 valence electrons. The second kappa shape index (κ2) is 6.05. The first-order chi connectivity index (χ1) is 8.57. The van der Waals surface area contributed by atoms with Crippen molar-refractivity contribution in [1.82, 2.24) is 10.2 Å². The molecule has 0 radical (unpaired) electrons. The van der Waals surface area contributed by atoms with E-state index >= 15 is 0 Å². The van der Waals surface area contributed by atoms with E-state index in [-0.39, 0.29) is 0 Å². The van der Waals surface area contributed by atoms with Crippen LogP contribution in [-0.4, -0.2) is 38.1 Å². The third kappa shape index (κ3) is 3.98. The molecule has 1 atom stereocenters. The smallest absolute Gasteiger partial charge is 0.0406 e. The van der Waals surface area contributed by atoms with Gasteiger partial charge in [-0.25, -0.2) is 0 Å². The van der Waals surface area contributed by atoms with E-state index in [1.807, 2.05) is 12.1 Å². The van der Waals surface area contributed by atoms with Crippen LogP contribution in [0.1, 0.15) is 18.9 Å². The monoisotopic (exact) mass is 266 g/mol. The average Bonchev–Trinajstić information content (AvgIpc) is 2.75. The Morgan fingerprint density at radius 1 is 1.33 bits per heavy atom. The molecule has 2 nitrogen and oxygen atoms in total. The molecule has 2 rings (SSSR count). The molecule has 1 aromatic rings. The Kier molecular flexibility index (Phi) is 4.66. The fourth-order valence-corrected chi connectivity index (χ4v) is 2.83. The zero-order chi connectivity index (χ0) is 13.0. The lowest BCUT2D eigenvalue weighted by molar-refractivity contribution is 0.211. The van der Waals surface area contributed by atoms with Gasteiger partial charge in [0.15, 0.2) is 0 Å². The number of nitrogens with one attached hydrogen (secondary N) is 1. The van der Waals surface area contributed by atoms with Crippen LogP contribution in [0.5, 0.6) is 0 Å². The van der Waals surface area contributed by atoms with E-state index in [0.29, 0.717) is 5.41 Å². The van der Waals surface area contributed by atoms with Gasteiger partial charge in [-0.3, -0.25) is 0 Å². The highest BCUT2D eigenvalue weighted by molar-refractivity contribution is 6.30. The molecule has 1 saturated heterocycles. The minimum Gasteiger partial charge on any atom is -0.316 e. The van der Waals surface area contributed by atoms with Crippen LogP contribution < -0.4 is 5.32 Å². The summed E-state index contributed by atoms with van der Waals surface area (Å²) in [5, 5.41) is 4.27. The van der Waals surface area contributed by atoms with Crippen LogP contribution in [0.2, 0.25) is 5.02 Å². The van der Waals surface area contributed by atoms with Gasteiger partial charge in [-0.1, -0.05) is 30.7 Å². The molecule has 18 heavy (non-hydrogen) atoms. The molecule has 0 bridgehead atoms. The molecule has 0 aromatic heterocycles. The molecule has 1 N–H and O–H groups in total. The molecule has 1 aliphatic rings. The minimum atomic E-state index is 0.453. The van der Waals surface area contributed by atoms with Crippen molar-refractivity contribution in [2.75, 3.05) is 33.2 Å². The van der Waals surface area contributed by atoms with E-state index in [2.05, 4.69) is 36.3 Å². The summed E-state index contributed by atoms with van der Waals surface area (Å²) in [5.41, 5.74) is 1.82. The van der Waals surface area contributed by atoms with E-state index in [9.17, 15) is 0 Å². The van der Waals surface area contributed by atoms with Gasteiger partial charge in [-0.15, -0.1) is 0 Å². The van der Waals surface area contributed by atoms with Crippen molar-refractivity contribution in [2.24, 2.45) is 5.41 Å². The number of hydrogen-bond acceptors (Lipinski definition) is 2. The molecule has 0 aliphatic carbocycles. The summed E-state index contributed by atoms with van der Waals surface area (Å²) in [6.07, 6.45) is 2.38. The summed E-state index contributed by atoms with van der Waals surface area (Å²) in [4.78, 5) is 2.45. The molecule has 3 heteroatoms. The van der Waals surface area contributed by atoms with Crippen molar-refractivity contribution < 1.29 is 0 Å². The van der Waals surface area contributed by atoms with Gasteiger partial charge in [0, 0.05) is 24.7 Å². The highest BCUT2D eigenvalue weighted by Crippen LogP contribution is 2.25. The SMILES string of the molecule is CN(CCc1ccc(Cl)cc1)CC1(C)CCNC1. The van der Waals surface area contributed by atoms with Crippen LogP contribution in [0.25, 0.3) is 0 Å². The predicted octanol–water partition coefficient (Wildman–Crippen LogP) is 2.81. The van der Waals surface area contributed by atoms with Crippen LogP contribution in [0, 0.1) is 5.41 Å². The standard InChI is InChI=1S/C15H23ClN2/c1-15(8-9-17-11-15)12-18(2)10-7-13-3-5-14(16)6-4-13/h3-6,17H,7-12H2,1-2H3. The minimum absolute atomic E-state index is 0.453. The van der Waals surface area contributed by atoms with E-state index in [1.54, 1.807) is 0 Å². The number of rotatable bonds is 5. The number of hydrogen-bond donors (Lipinski definition) is 1. The molecule has 0 saturated carbocycles. The number of benzene rings is 1. The summed E-state index contributed by atoms with van der Waals surface area (Å²) >= 11 is 5.89. The Morgan fingerprint density at radius 3 is 2.67 bits per heavy atom. The molecule has 1 aromatic carbocycles. The summed E-state index contributed by atoms with van der Waals surface area (Å²) in [5.74, 6) is 0. The van der Waals surface area contributed by atoms with Crippen molar-refractivity contribution in [1.29, 1.82) is 0 Å². The fraction of sp³-hybridized carbons (Fsp3) is 0.600. The van der Waals surface area contributed by atoms with Crippen molar-refractivity contribution >= 4 is 11.6 Å². The van der Waals surface area contributed by atoms with Gasteiger partial charge >= 0.3 is 0 Å². The van der Waals surface area contributed by atoms with Crippen LogP contribution in [0.3, 0.4) is 0 Å². The molecular weight excluding hydrogens is 244 g/mol. The predicted molar refractivity (Wildman–Crippen MR) is 78.2 cm³/mol. The summed E-state index contributed by atoms with van der Waals surface area (Å²) in [7, 11) is 2.22. The third-order valence-electron chi connectivity index (χ3n) is 3.80. The lowest BCUT2D eigenvalue weighted by atomic mass is 9.89. The highest BCUT2D eigenvalue weighted by Gasteiger charge is 2.29. The van der Waals surface area contributed by atoms with Crippen molar-refractivity contribution in [3.8, 4) is 0 Å². The lowest BCUT2D eigenvalue weighted by Crippen LogP contribution is -2.36. The van der Waals surface area contributed by atoms with E-state index in [1.165, 1.54) is 25.1 Å². The second-order valence-corrected chi connectivity index (χ2v) is 6.29. The summed E-state index contributed by atoms with van der Waals surface area (Å²) in [6, 6.07) is 8.18. The molecule has 1 unspecified atom stereocenters. The topological polar surface area (TPSA) is 15.3 Å². The fourth-order valence-electron chi connectivity index (χ4n) is 2.71. The molecule has 1 heterocycles. The van der Waals surface area contributed by atoms with Gasteiger partial charge in [-0.2, -0.15) is 0 Å². The van der Waals surface area contributed by atoms with Crippen LogP contribution >= 0.6 is 11.6 Å². The zero-order valence-electron chi connectivity index (χ0n) is 11.4. The first kappa shape index (κ1) is 13.9. The average molecular weight is 267 g/mol. The summed E-state index contributed by atoms with van der Waals surface area (Å²) in [6.45, 7) is 6.98. The zero-order valence-corrected chi connectivity index (χ0v) is 12.1. The first-order valence-corrected chi connectivity index (χ1v) is 7.09. The van der Waals surface area contributed by atoms with Crippen molar-refractivity contribution in [3.05, 3.63) is 34.9 Å². The Labute approximate surface area is 115 Å². The Morgan fingerprint density at radius 2 is 2.06 bits per heavy atom. The summed E-state index contributed by atoms with van der Waals surface area (Å²) < 4.78 is 0. The maximum Gasteiger partial charge on any atom is 0.0406 e. The quantitative estimate of drug-likeness (QED) is 0.882. The lowest BCUT2D eigenvalue weighted by Gasteiger charge is -2.29. The van der Waals surface area contributed by atoms with E-state index < -0.39 is 0 Å². The number of likely N-dealkylation sites (N-methyl/N-ethyl adjacent to an activating group) is 1. The van der Waals surface area contributed by atoms with Gasteiger partial charge in [0.1, 0.15) is 0 Å². The maximum absolute atomic E-state index is 5.89. The Hall–Kier alpha value is -0.570. The Balaban J connectivity index is 1.77.